The highest BCUT2D eigenvalue weighted by Gasteiger charge is 2.34. The van der Waals surface area contributed by atoms with Gasteiger partial charge in [0.1, 0.15) is 0 Å². The summed E-state index contributed by atoms with van der Waals surface area (Å²) < 4.78 is 38.1. The van der Waals surface area contributed by atoms with Gasteiger partial charge in [0.25, 0.3) is 5.56 Å². The number of carbonyl (C=O) groups is 1. The molecule has 2 heterocycles. The van der Waals surface area contributed by atoms with Gasteiger partial charge in [0.05, 0.1) is 5.75 Å². The van der Waals surface area contributed by atoms with Gasteiger partial charge in [-0.15, -0.1) is 0 Å². The largest absolute Gasteiger partial charge is 0.433 e. The van der Waals surface area contributed by atoms with Crippen LogP contribution in [0.1, 0.15) is 18.2 Å². The standard InChI is InChI=1S/C16H14F3N3O2S/c1-9-6-10-4-2-3-5-11(10)22(9)14(24)8-25-15-20-12(16(17,18)19)7-13(23)21-15/h2-5,7,9H,6,8H2,1H3,(H,20,21,23). The predicted octanol–water partition coefficient (Wildman–Crippen LogP) is 2.86. The van der Waals surface area contributed by atoms with E-state index in [1.165, 1.54) is 0 Å². The Kier molecular flexibility index (Phi) is 4.59. The van der Waals surface area contributed by atoms with Crippen molar-refractivity contribution in [3.63, 3.8) is 0 Å². The summed E-state index contributed by atoms with van der Waals surface area (Å²) in [6, 6.07) is 7.87. The second-order valence-corrected chi connectivity index (χ2v) is 6.63. The van der Waals surface area contributed by atoms with Gasteiger partial charge in [-0.1, -0.05) is 30.0 Å². The van der Waals surface area contributed by atoms with Crippen LogP contribution in [-0.4, -0.2) is 27.7 Å². The normalized spacial score (nSPS) is 16.8. The highest BCUT2D eigenvalue weighted by atomic mass is 32.2. The Labute approximate surface area is 145 Å². The number of nitrogens with zero attached hydrogens (tertiary/aromatic N) is 2. The Morgan fingerprint density at radius 3 is 2.84 bits per heavy atom. The lowest BCUT2D eigenvalue weighted by atomic mass is 10.1. The van der Waals surface area contributed by atoms with Gasteiger partial charge in [-0.2, -0.15) is 13.2 Å². The molecule has 0 spiro atoms. The van der Waals surface area contributed by atoms with Gasteiger partial charge in [0.2, 0.25) is 5.91 Å². The third kappa shape index (κ3) is 3.71. The fraction of sp³-hybridized carbons (Fsp3) is 0.312. The lowest BCUT2D eigenvalue weighted by molar-refractivity contribution is -0.141. The minimum atomic E-state index is -4.71. The third-order valence-electron chi connectivity index (χ3n) is 3.82. The van der Waals surface area contributed by atoms with E-state index in [0.717, 1.165) is 29.4 Å². The van der Waals surface area contributed by atoms with Crippen molar-refractivity contribution >= 4 is 23.4 Å². The van der Waals surface area contributed by atoms with Crippen molar-refractivity contribution in [2.75, 3.05) is 10.7 Å². The second kappa shape index (κ2) is 6.55. The van der Waals surface area contributed by atoms with Gasteiger partial charge < -0.3 is 9.88 Å². The second-order valence-electron chi connectivity index (χ2n) is 5.67. The summed E-state index contributed by atoms with van der Waals surface area (Å²) >= 11 is 0.779. The Bertz CT molecular complexity index is 866. The molecule has 1 amide bonds. The fourth-order valence-electron chi connectivity index (χ4n) is 2.79. The van der Waals surface area contributed by atoms with Crippen LogP contribution in [0.15, 0.2) is 40.3 Å². The number of thioether (sulfide) groups is 1. The Balaban J connectivity index is 1.75. The lowest BCUT2D eigenvalue weighted by Gasteiger charge is -2.22. The molecule has 1 atom stereocenters. The number of carbonyl (C=O) groups excluding carboxylic acids is 1. The molecule has 1 aliphatic heterocycles. The zero-order valence-corrected chi connectivity index (χ0v) is 13.9. The Morgan fingerprint density at radius 1 is 1.40 bits per heavy atom. The smallest absolute Gasteiger partial charge is 0.308 e. The van der Waals surface area contributed by atoms with Crippen LogP contribution in [0, 0.1) is 0 Å². The first-order chi connectivity index (χ1) is 11.8. The summed E-state index contributed by atoms with van der Waals surface area (Å²) in [5.74, 6) is -0.370. The number of amides is 1. The molecular weight excluding hydrogens is 355 g/mol. The number of H-pyrrole nitrogens is 1. The summed E-state index contributed by atoms with van der Waals surface area (Å²) in [6.07, 6.45) is -3.98. The van der Waals surface area contributed by atoms with Crippen molar-refractivity contribution in [3.8, 4) is 0 Å². The van der Waals surface area contributed by atoms with E-state index in [1.54, 1.807) is 4.90 Å². The summed E-state index contributed by atoms with van der Waals surface area (Å²) in [5.41, 5.74) is -0.312. The van der Waals surface area contributed by atoms with Crippen molar-refractivity contribution in [1.29, 1.82) is 0 Å². The van der Waals surface area contributed by atoms with Crippen LogP contribution >= 0.6 is 11.8 Å². The van der Waals surface area contributed by atoms with Gasteiger partial charge in [0.15, 0.2) is 10.9 Å². The SMILES string of the molecule is CC1Cc2ccccc2N1C(=O)CSc1nc(C(F)(F)F)cc(=O)[nH]1. The number of benzene rings is 1. The van der Waals surface area contributed by atoms with Gasteiger partial charge in [0, 0.05) is 17.8 Å². The summed E-state index contributed by atoms with van der Waals surface area (Å²) in [5, 5.41) is -0.228. The number of para-hydroxylation sites is 1. The quantitative estimate of drug-likeness (QED) is 0.667. The fourth-order valence-corrected chi connectivity index (χ4v) is 3.53. The van der Waals surface area contributed by atoms with E-state index in [9.17, 15) is 22.8 Å². The van der Waals surface area contributed by atoms with Crippen molar-refractivity contribution in [3.05, 3.63) is 51.9 Å². The van der Waals surface area contributed by atoms with E-state index in [2.05, 4.69) is 9.97 Å². The van der Waals surface area contributed by atoms with Crippen LogP contribution in [0.2, 0.25) is 0 Å². The monoisotopic (exact) mass is 369 g/mol. The van der Waals surface area contributed by atoms with Crippen LogP contribution in [0.4, 0.5) is 18.9 Å². The van der Waals surface area contributed by atoms with Gasteiger partial charge in [-0.25, -0.2) is 4.98 Å². The average Bonchev–Trinajstić information content (AvgIpc) is 2.87. The molecule has 0 fully saturated rings. The number of nitrogens with one attached hydrogen (secondary N) is 1. The molecule has 9 heteroatoms. The van der Waals surface area contributed by atoms with E-state index in [4.69, 9.17) is 0 Å². The molecule has 132 valence electrons. The molecular formula is C16H14F3N3O2S. The highest BCUT2D eigenvalue weighted by molar-refractivity contribution is 7.99. The maximum Gasteiger partial charge on any atom is 0.433 e. The maximum absolute atomic E-state index is 12.7. The molecule has 0 bridgehead atoms. The number of fused-ring (bicyclic) bond motifs is 1. The number of hydrogen-bond acceptors (Lipinski definition) is 4. The Hall–Kier alpha value is -2.29. The van der Waals surface area contributed by atoms with E-state index < -0.39 is 17.4 Å². The molecule has 1 unspecified atom stereocenters. The highest BCUT2D eigenvalue weighted by Crippen LogP contribution is 2.33. The van der Waals surface area contributed by atoms with Gasteiger partial charge >= 0.3 is 6.18 Å². The van der Waals surface area contributed by atoms with E-state index in [0.29, 0.717) is 6.07 Å². The number of rotatable bonds is 3. The number of halogens is 3. The molecule has 5 nitrogen and oxygen atoms in total. The lowest BCUT2D eigenvalue weighted by Crippen LogP contribution is -2.37. The number of aromatic nitrogens is 2. The van der Waals surface area contributed by atoms with Crippen molar-refractivity contribution in [2.24, 2.45) is 0 Å². The zero-order chi connectivity index (χ0) is 18.2. The molecule has 3 rings (SSSR count). The first kappa shape index (κ1) is 17.5. The number of alkyl halides is 3. The van der Waals surface area contributed by atoms with Crippen molar-refractivity contribution in [1.82, 2.24) is 9.97 Å². The summed E-state index contributed by atoms with van der Waals surface area (Å²) in [7, 11) is 0. The summed E-state index contributed by atoms with van der Waals surface area (Å²) in [6.45, 7) is 1.91. The van der Waals surface area contributed by atoms with E-state index in [1.807, 2.05) is 31.2 Å². The minimum Gasteiger partial charge on any atom is -0.308 e. The van der Waals surface area contributed by atoms with Crippen LogP contribution in [-0.2, 0) is 17.4 Å². The zero-order valence-electron chi connectivity index (χ0n) is 13.1. The predicted molar refractivity (Wildman–Crippen MR) is 87.7 cm³/mol. The van der Waals surface area contributed by atoms with Gasteiger partial charge in [-0.05, 0) is 25.0 Å². The number of hydrogen-bond donors (Lipinski definition) is 1. The number of anilines is 1. The summed E-state index contributed by atoms with van der Waals surface area (Å²) in [4.78, 5) is 31.1. The van der Waals surface area contributed by atoms with Crippen LogP contribution < -0.4 is 10.5 Å². The van der Waals surface area contributed by atoms with Crippen LogP contribution in [0.5, 0.6) is 0 Å². The molecule has 1 aliphatic rings. The molecule has 1 aromatic carbocycles. The van der Waals surface area contributed by atoms with Gasteiger partial charge in [-0.3, -0.25) is 9.59 Å². The molecule has 2 aromatic rings. The molecule has 1 N–H and O–H groups in total. The Morgan fingerprint density at radius 2 is 2.12 bits per heavy atom. The maximum atomic E-state index is 12.7. The van der Waals surface area contributed by atoms with Crippen LogP contribution in [0.25, 0.3) is 0 Å². The first-order valence-corrected chi connectivity index (χ1v) is 8.45. The van der Waals surface area contributed by atoms with Crippen LogP contribution in [0.3, 0.4) is 0 Å². The molecule has 0 aliphatic carbocycles. The third-order valence-corrected chi connectivity index (χ3v) is 4.68. The number of aromatic amines is 1. The van der Waals surface area contributed by atoms with Crippen molar-refractivity contribution in [2.45, 2.75) is 30.7 Å². The molecule has 0 saturated carbocycles. The molecule has 1 aromatic heterocycles. The average molecular weight is 369 g/mol. The molecule has 0 radical (unpaired) electrons. The first-order valence-electron chi connectivity index (χ1n) is 7.47. The van der Waals surface area contributed by atoms with E-state index >= 15 is 0 Å². The molecule has 0 saturated heterocycles. The molecule has 25 heavy (non-hydrogen) atoms. The van der Waals surface area contributed by atoms with Crippen molar-refractivity contribution < 1.29 is 18.0 Å². The van der Waals surface area contributed by atoms with E-state index in [-0.39, 0.29) is 22.9 Å². The topological polar surface area (TPSA) is 66.1 Å². The minimum absolute atomic E-state index is 0.0287.